The van der Waals surface area contributed by atoms with Crippen LogP contribution in [0.1, 0.15) is 31.2 Å². The van der Waals surface area contributed by atoms with Crippen molar-refractivity contribution in [1.82, 2.24) is 9.80 Å². The van der Waals surface area contributed by atoms with Crippen LogP contribution >= 0.6 is 11.6 Å². The van der Waals surface area contributed by atoms with Crippen LogP contribution in [0.5, 0.6) is 0 Å². The maximum Gasteiger partial charge on any atom is 0.222 e. The van der Waals surface area contributed by atoms with E-state index in [9.17, 15) is 4.79 Å². The molecule has 3 saturated heterocycles. The number of halogens is 1. The summed E-state index contributed by atoms with van der Waals surface area (Å²) in [6, 6.07) is 8.65. The molecule has 118 valence electrons. The molecule has 0 aromatic heterocycles. The number of benzene rings is 1. The fourth-order valence-corrected chi connectivity index (χ4v) is 4.90. The standard InChI is InChI=1S/C18H23ClN2O/c19-16-5-2-1-4-14(16)11-20-9-13-8-15(12-20)17-6-3-7-18(22)21(17)10-13/h1-2,4-5,13,15,17H,3,6-12H2/t13-,15-,17-/m0/s1. The molecule has 0 radical (unpaired) electrons. The first-order valence-corrected chi connectivity index (χ1v) is 8.84. The molecule has 22 heavy (non-hydrogen) atoms. The molecule has 1 aromatic rings. The maximum absolute atomic E-state index is 12.2. The minimum Gasteiger partial charge on any atom is -0.339 e. The van der Waals surface area contributed by atoms with E-state index in [0.29, 0.717) is 23.8 Å². The number of hydrogen-bond donors (Lipinski definition) is 0. The monoisotopic (exact) mass is 318 g/mol. The van der Waals surface area contributed by atoms with Crippen LogP contribution in [0.25, 0.3) is 0 Å². The molecule has 0 aliphatic carbocycles. The Bertz CT molecular complexity index is 576. The molecule has 0 saturated carbocycles. The molecule has 0 spiro atoms. The number of fused-ring (bicyclic) bond motifs is 4. The van der Waals surface area contributed by atoms with Crippen LogP contribution in [0.3, 0.4) is 0 Å². The van der Waals surface area contributed by atoms with Gasteiger partial charge in [0.05, 0.1) is 0 Å². The van der Waals surface area contributed by atoms with Gasteiger partial charge in [0.15, 0.2) is 0 Å². The Kier molecular flexibility index (Phi) is 3.87. The van der Waals surface area contributed by atoms with Crippen LogP contribution in [0.4, 0.5) is 0 Å². The molecule has 3 aliphatic rings. The lowest BCUT2D eigenvalue weighted by molar-refractivity contribution is -0.145. The number of piperidine rings is 3. The number of rotatable bonds is 2. The highest BCUT2D eigenvalue weighted by Crippen LogP contribution is 2.38. The molecule has 4 rings (SSSR count). The smallest absolute Gasteiger partial charge is 0.222 e. The Morgan fingerprint density at radius 1 is 1.18 bits per heavy atom. The largest absolute Gasteiger partial charge is 0.339 e. The number of amides is 1. The molecule has 3 nitrogen and oxygen atoms in total. The summed E-state index contributed by atoms with van der Waals surface area (Å²) in [6.45, 7) is 4.11. The van der Waals surface area contributed by atoms with Gasteiger partial charge in [-0.1, -0.05) is 29.8 Å². The van der Waals surface area contributed by atoms with Gasteiger partial charge in [0, 0.05) is 43.7 Å². The van der Waals surface area contributed by atoms with Crippen LogP contribution in [0.15, 0.2) is 24.3 Å². The van der Waals surface area contributed by atoms with E-state index in [1.807, 2.05) is 12.1 Å². The summed E-state index contributed by atoms with van der Waals surface area (Å²) < 4.78 is 0. The van der Waals surface area contributed by atoms with E-state index in [4.69, 9.17) is 11.6 Å². The molecule has 1 amide bonds. The SMILES string of the molecule is O=C1CCC[C@H]2[C@H]3C[C@@H](CN(Cc4ccccc4Cl)C3)CN12. The molecule has 0 N–H and O–H groups in total. The van der Waals surface area contributed by atoms with Crippen molar-refractivity contribution in [3.05, 3.63) is 34.9 Å². The highest BCUT2D eigenvalue weighted by Gasteiger charge is 2.43. The molecule has 0 unspecified atom stereocenters. The summed E-state index contributed by atoms with van der Waals surface area (Å²) >= 11 is 6.31. The van der Waals surface area contributed by atoms with Crippen LogP contribution in [-0.4, -0.2) is 41.4 Å². The van der Waals surface area contributed by atoms with Crippen molar-refractivity contribution in [2.45, 2.75) is 38.3 Å². The van der Waals surface area contributed by atoms with E-state index in [1.54, 1.807) is 0 Å². The minimum absolute atomic E-state index is 0.394. The van der Waals surface area contributed by atoms with Crippen LogP contribution in [-0.2, 0) is 11.3 Å². The molecule has 3 atom stereocenters. The van der Waals surface area contributed by atoms with E-state index in [-0.39, 0.29) is 0 Å². The van der Waals surface area contributed by atoms with E-state index >= 15 is 0 Å². The minimum atomic E-state index is 0.394. The number of carbonyl (C=O) groups excluding carboxylic acids is 1. The summed E-state index contributed by atoms with van der Waals surface area (Å²) in [4.78, 5) is 16.9. The van der Waals surface area contributed by atoms with Crippen LogP contribution in [0, 0.1) is 11.8 Å². The van der Waals surface area contributed by atoms with Crippen LogP contribution in [0.2, 0.25) is 5.02 Å². The third-order valence-electron chi connectivity index (χ3n) is 5.61. The lowest BCUT2D eigenvalue weighted by atomic mass is 9.76. The van der Waals surface area contributed by atoms with Gasteiger partial charge in [-0.2, -0.15) is 0 Å². The van der Waals surface area contributed by atoms with Crippen molar-refractivity contribution in [1.29, 1.82) is 0 Å². The maximum atomic E-state index is 12.2. The average molecular weight is 319 g/mol. The second-order valence-electron chi connectivity index (χ2n) is 7.15. The highest BCUT2D eigenvalue weighted by molar-refractivity contribution is 6.31. The van der Waals surface area contributed by atoms with Crippen molar-refractivity contribution in [3.63, 3.8) is 0 Å². The summed E-state index contributed by atoms with van der Waals surface area (Å²) in [5, 5.41) is 0.868. The van der Waals surface area contributed by atoms with Gasteiger partial charge in [-0.15, -0.1) is 0 Å². The number of likely N-dealkylation sites (tertiary alicyclic amines) is 1. The first-order chi connectivity index (χ1) is 10.7. The molecule has 3 fully saturated rings. The van der Waals surface area contributed by atoms with Crippen LogP contribution < -0.4 is 0 Å². The van der Waals surface area contributed by atoms with E-state index in [0.717, 1.165) is 44.0 Å². The summed E-state index contributed by atoms with van der Waals surface area (Å²) in [6.07, 6.45) is 4.33. The fraction of sp³-hybridized carbons (Fsp3) is 0.611. The topological polar surface area (TPSA) is 23.6 Å². The molecular weight excluding hydrogens is 296 g/mol. The second kappa shape index (κ2) is 5.86. The van der Waals surface area contributed by atoms with Gasteiger partial charge < -0.3 is 4.90 Å². The van der Waals surface area contributed by atoms with Gasteiger partial charge in [-0.3, -0.25) is 9.69 Å². The Morgan fingerprint density at radius 2 is 2.05 bits per heavy atom. The van der Waals surface area contributed by atoms with Gasteiger partial charge in [-0.25, -0.2) is 0 Å². The predicted octanol–water partition coefficient (Wildman–Crippen LogP) is 3.17. The normalized spacial score (nSPS) is 32.0. The van der Waals surface area contributed by atoms with Crippen molar-refractivity contribution < 1.29 is 4.79 Å². The zero-order valence-electron chi connectivity index (χ0n) is 12.9. The molecule has 3 aliphatic heterocycles. The van der Waals surface area contributed by atoms with Gasteiger partial charge in [0.2, 0.25) is 5.91 Å². The summed E-state index contributed by atoms with van der Waals surface area (Å²) in [5.74, 6) is 1.68. The zero-order chi connectivity index (χ0) is 15.1. The van der Waals surface area contributed by atoms with E-state index in [1.165, 1.54) is 18.4 Å². The van der Waals surface area contributed by atoms with Crippen molar-refractivity contribution in [2.75, 3.05) is 19.6 Å². The number of hydrogen-bond acceptors (Lipinski definition) is 2. The third-order valence-corrected chi connectivity index (χ3v) is 5.98. The highest BCUT2D eigenvalue weighted by atomic mass is 35.5. The predicted molar refractivity (Wildman–Crippen MR) is 87.7 cm³/mol. The molecule has 4 heteroatoms. The van der Waals surface area contributed by atoms with Crippen molar-refractivity contribution in [3.8, 4) is 0 Å². The summed E-state index contributed by atoms with van der Waals surface area (Å²) in [5.41, 5.74) is 1.22. The van der Waals surface area contributed by atoms with Crippen molar-refractivity contribution in [2.24, 2.45) is 11.8 Å². The quantitative estimate of drug-likeness (QED) is 0.836. The Labute approximate surface area is 137 Å². The molecule has 3 heterocycles. The molecule has 2 bridgehead atoms. The lowest BCUT2D eigenvalue weighted by Gasteiger charge is -2.52. The Hall–Kier alpha value is -1.06. The summed E-state index contributed by atoms with van der Waals surface area (Å²) in [7, 11) is 0. The van der Waals surface area contributed by atoms with E-state index in [2.05, 4.69) is 21.9 Å². The first-order valence-electron chi connectivity index (χ1n) is 8.46. The second-order valence-corrected chi connectivity index (χ2v) is 7.56. The van der Waals surface area contributed by atoms with E-state index < -0.39 is 0 Å². The molecule has 1 aromatic carbocycles. The third kappa shape index (κ3) is 2.65. The average Bonchev–Trinajstić information content (AvgIpc) is 2.51. The van der Waals surface area contributed by atoms with Gasteiger partial charge in [0.25, 0.3) is 0 Å². The van der Waals surface area contributed by atoms with Gasteiger partial charge >= 0.3 is 0 Å². The van der Waals surface area contributed by atoms with Gasteiger partial charge in [0.1, 0.15) is 0 Å². The Morgan fingerprint density at radius 3 is 2.91 bits per heavy atom. The fourth-order valence-electron chi connectivity index (χ4n) is 4.71. The number of nitrogens with zero attached hydrogens (tertiary/aromatic N) is 2. The Balaban J connectivity index is 1.48. The first kappa shape index (κ1) is 14.5. The van der Waals surface area contributed by atoms with Gasteiger partial charge in [-0.05, 0) is 42.7 Å². The zero-order valence-corrected chi connectivity index (χ0v) is 13.6. The van der Waals surface area contributed by atoms with Crippen molar-refractivity contribution >= 4 is 17.5 Å². The molecular formula is C18H23ClN2O. The lowest BCUT2D eigenvalue weighted by Crippen LogP contribution is -2.60. The number of carbonyl (C=O) groups is 1.